The lowest BCUT2D eigenvalue weighted by Gasteiger charge is -2.15. The highest BCUT2D eigenvalue weighted by Gasteiger charge is 2.13. The molecule has 0 radical (unpaired) electrons. The van der Waals surface area contributed by atoms with Crippen molar-refractivity contribution in [2.24, 2.45) is 0 Å². The van der Waals surface area contributed by atoms with E-state index in [0.29, 0.717) is 0 Å². The maximum absolute atomic E-state index is 6.14. The van der Waals surface area contributed by atoms with Crippen molar-refractivity contribution in [1.29, 1.82) is 0 Å². The molecule has 0 saturated heterocycles. The molecule has 0 fully saturated rings. The number of nitrogens with two attached hydrogens (primary N) is 2. The lowest BCUT2D eigenvalue weighted by atomic mass is 9.89. The highest BCUT2D eigenvalue weighted by atomic mass is 14.5. The van der Waals surface area contributed by atoms with Crippen LogP contribution in [0.15, 0.2) is 97.1 Å². The fourth-order valence-corrected chi connectivity index (χ4v) is 3.33. The summed E-state index contributed by atoms with van der Waals surface area (Å²) in [6.07, 6.45) is 0. The van der Waals surface area contributed by atoms with Gasteiger partial charge in [-0.3, -0.25) is 0 Å². The van der Waals surface area contributed by atoms with E-state index in [-0.39, 0.29) is 0 Å². The maximum atomic E-state index is 6.14. The quantitative estimate of drug-likeness (QED) is 0.461. The van der Waals surface area contributed by atoms with Crippen LogP contribution in [0.25, 0.3) is 33.4 Å². The molecule has 0 bridgehead atoms. The van der Waals surface area contributed by atoms with Gasteiger partial charge in [-0.2, -0.15) is 0 Å². The molecule has 126 valence electrons. The van der Waals surface area contributed by atoms with E-state index >= 15 is 0 Å². The Bertz CT molecular complexity index is 1050. The lowest BCUT2D eigenvalue weighted by Crippen LogP contribution is -1.93. The van der Waals surface area contributed by atoms with Gasteiger partial charge in [0.15, 0.2) is 0 Å². The van der Waals surface area contributed by atoms with Crippen LogP contribution in [-0.2, 0) is 0 Å². The van der Waals surface area contributed by atoms with Crippen LogP contribution >= 0.6 is 0 Å². The number of rotatable bonds is 3. The number of nitrogen functional groups attached to an aromatic ring is 2. The molecule has 0 aliphatic carbocycles. The van der Waals surface area contributed by atoms with Gasteiger partial charge in [-0.05, 0) is 57.6 Å². The first-order chi connectivity index (χ1) is 12.7. The molecule has 0 unspecified atom stereocenters. The number of hydrogen-bond acceptors (Lipinski definition) is 2. The van der Waals surface area contributed by atoms with Crippen molar-refractivity contribution >= 4 is 11.4 Å². The average molecular weight is 336 g/mol. The molecule has 0 saturated carbocycles. The third-order valence-corrected chi connectivity index (χ3v) is 4.54. The van der Waals surface area contributed by atoms with Crippen LogP contribution in [0.4, 0.5) is 11.4 Å². The Hall–Kier alpha value is -3.52. The Morgan fingerprint density at radius 2 is 1.00 bits per heavy atom. The molecule has 0 aliphatic heterocycles. The van der Waals surface area contributed by atoms with Gasteiger partial charge in [-0.15, -0.1) is 0 Å². The van der Waals surface area contributed by atoms with E-state index < -0.39 is 0 Å². The first kappa shape index (κ1) is 16.0. The summed E-state index contributed by atoms with van der Waals surface area (Å²) in [6.45, 7) is 0. The summed E-state index contributed by atoms with van der Waals surface area (Å²) in [5.41, 5.74) is 20.5. The molecule has 0 spiro atoms. The topological polar surface area (TPSA) is 52.0 Å². The molecule has 0 amide bonds. The number of hydrogen-bond donors (Lipinski definition) is 2. The van der Waals surface area contributed by atoms with Gasteiger partial charge in [0.05, 0.1) is 0 Å². The Balaban J connectivity index is 1.96. The molecule has 4 N–H and O–H groups in total. The zero-order valence-electron chi connectivity index (χ0n) is 14.4. The average Bonchev–Trinajstić information content (AvgIpc) is 2.68. The molecule has 0 atom stereocenters. The second-order valence-corrected chi connectivity index (χ2v) is 6.34. The molecule has 26 heavy (non-hydrogen) atoms. The van der Waals surface area contributed by atoms with E-state index in [2.05, 4.69) is 60.7 Å². The van der Waals surface area contributed by atoms with Crippen molar-refractivity contribution in [2.75, 3.05) is 11.5 Å². The van der Waals surface area contributed by atoms with Crippen LogP contribution in [0.1, 0.15) is 0 Å². The van der Waals surface area contributed by atoms with Gasteiger partial charge in [-0.1, -0.05) is 72.8 Å². The monoisotopic (exact) mass is 336 g/mol. The standard InChI is InChI=1S/C24H20N2/c25-19-10-6-9-18(15-19)21-11-4-5-12-23(21)24-16-20(26)13-14-22(24)17-7-2-1-3-8-17/h1-16H,25-26H2. The summed E-state index contributed by atoms with van der Waals surface area (Å²) < 4.78 is 0. The minimum Gasteiger partial charge on any atom is -0.399 e. The fraction of sp³-hybridized carbons (Fsp3) is 0. The van der Waals surface area contributed by atoms with E-state index in [9.17, 15) is 0 Å². The van der Waals surface area contributed by atoms with Crippen molar-refractivity contribution < 1.29 is 0 Å². The van der Waals surface area contributed by atoms with Crippen molar-refractivity contribution in [1.82, 2.24) is 0 Å². The molecule has 0 heterocycles. The molecular weight excluding hydrogens is 316 g/mol. The summed E-state index contributed by atoms with van der Waals surface area (Å²) in [5, 5.41) is 0. The van der Waals surface area contributed by atoms with Crippen LogP contribution in [0, 0.1) is 0 Å². The first-order valence-electron chi connectivity index (χ1n) is 8.62. The van der Waals surface area contributed by atoms with Crippen LogP contribution in [0.5, 0.6) is 0 Å². The fourth-order valence-electron chi connectivity index (χ4n) is 3.33. The Morgan fingerprint density at radius 1 is 0.385 bits per heavy atom. The molecule has 0 aliphatic rings. The largest absolute Gasteiger partial charge is 0.399 e. The molecule has 4 aromatic carbocycles. The molecule has 4 aromatic rings. The first-order valence-corrected chi connectivity index (χ1v) is 8.62. The molecular formula is C24H20N2. The summed E-state index contributed by atoms with van der Waals surface area (Å²) in [6, 6.07) is 32.8. The minimum atomic E-state index is 0.752. The Kier molecular flexibility index (Phi) is 4.16. The highest BCUT2D eigenvalue weighted by Crippen LogP contribution is 2.39. The van der Waals surface area contributed by atoms with Gasteiger partial charge >= 0.3 is 0 Å². The van der Waals surface area contributed by atoms with Crippen molar-refractivity contribution in [2.45, 2.75) is 0 Å². The third-order valence-electron chi connectivity index (χ3n) is 4.54. The summed E-state index contributed by atoms with van der Waals surface area (Å²) in [7, 11) is 0. The highest BCUT2D eigenvalue weighted by molar-refractivity contribution is 5.93. The summed E-state index contributed by atoms with van der Waals surface area (Å²) in [5.74, 6) is 0. The van der Waals surface area contributed by atoms with Crippen LogP contribution in [0.3, 0.4) is 0 Å². The van der Waals surface area contributed by atoms with Crippen molar-refractivity contribution in [3.05, 3.63) is 97.1 Å². The van der Waals surface area contributed by atoms with Gasteiger partial charge < -0.3 is 11.5 Å². The van der Waals surface area contributed by atoms with Crippen molar-refractivity contribution in [3.8, 4) is 33.4 Å². The SMILES string of the molecule is Nc1cccc(-c2ccccc2-c2cc(N)ccc2-c2ccccc2)c1. The van der Waals surface area contributed by atoms with Crippen molar-refractivity contribution in [3.63, 3.8) is 0 Å². The Labute approximate surface area is 153 Å². The predicted molar refractivity (Wildman–Crippen MR) is 112 cm³/mol. The van der Waals surface area contributed by atoms with E-state index in [1.54, 1.807) is 0 Å². The summed E-state index contributed by atoms with van der Waals surface area (Å²) in [4.78, 5) is 0. The molecule has 2 heteroatoms. The normalized spacial score (nSPS) is 10.6. The zero-order chi connectivity index (χ0) is 17.9. The Morgan fingerprint density at radius 3 is 1.77 bits per heavy atom. The predicted octanol–water partition coefficient (Wildman–Crippen LogP) is 5.85. The minimum absolute atomic E-state index is 0.752. The second kappa shape index (κ2) is 6.77. The van der Waals surface area contributed by atoms with Gasteiger partial charge in [0, 0.05) is 11.4 Å². The van der Waals surface area contributed by atoms with Gasteiger partial charge in [-0.25, -0.2) is 0 Å². The van der Waals surface area contributed by atoms with E-state index in [0.717, 1.165) is 39.2 Å². The number of anilines is 2. The van der Waals surface area contributed by atoms with E-state index in [1.807, 2.05) is 36.4 Å². The lowest BCUT2D eigenvalue weighted by molar-refractivity contribution is 1.56. The zero-order valence-corrected chi connectivity index (χ0v) is 14.4. The second-order valence-electron chi connectivity index (χ2n) is 6.34. The van der Waals surface area contributed by atoms with Crippen LogP contribution < -0.4 is 11.5 Å². The number of benzene rings is 4. The molecule has 2 nitrogen and oxygen atoms in total. The summed E-state index contributed by atoms with van der Waals surface area (Å²) >= 11 is 0. The third kappa shape index (κ3) is 3.05. The van der Waals surface area contributed by atoms with E-state index in [1.165, 1.54) is 5.56 Å². The van der Waals surface area contributed by atoms with Crippen LogP contribution in [-0.4, -0.2) is 0 Å². The maximum Gasteiger partial charge on any atom is 0.0320 e. The molecule has 0 aromatic heterocycles. The van der Waals surface area contributed by atoms with E-state index in [4.69, 9.17) is 11.5 Å². The van der Waals surface area contributed by atoms with Gasteiger partial charge in [0.2, 0.25) is 0 Å². The van der Waals surface area contributed by atoms with Gasteiger partial charge in [0.25, 0.3) is 0 Å². The van der Waals surface area contributed by atoms with Crippen LogP contribution in [0.2, 0.25) is 0 Å². The molecule has 4 rings (SSSR count). The van der Waals surface area contributed by atoms with Gasteiger partial charge in [0.1, 0.15) is 0 Å². The smallest absolute Gasteiger partial charge is 0.0320 e.